The molecular formula is C15H24ClN3O. The highest BCUT2D eigenvalue weighted by atomic mass is 35.5. The average Bonchev–Trinajstić information content (AvgIpc) is 2.37. The van der Waals surface area contributed by atoms with Gasteiger partial charge in [0.2, 0.25) is 0 Å². The van der Waals surface area contributed by atoms with E-state index in [0.717, 1.165) is 25.1 Å². The number of nitrogens with zero attached hydrogens (tertiary/aromatic N) is 2. The standard InChI is InChI=1S/C15H24ClN3O/c1-11(2)19(4)8-6-5-7-17-15(20)13-10-18-12(3)9-14(13)16/h9-11H,5-8H2,1-4H3,(H,17,20). The number of unbranched alkanes of at least 4 members (excludes halogenated alkanes) is 1. The van der Waals surface area contributed by atoms with Gasteiger partial charge in [0.05, 0.1) is 10.6 Å². The Labute approximate surface area is 126 Å². The number of carbonyl (C=O) groups is 1. The van der Waals surface area contributed by atoms with Crippen molar-refractivity contribution in [2.45, 2.75) is 39.7 Å². The molecule has 0 fully saturated rings. The maximum Gasteiger partial charge on any atom is 0.254 e. The van der Waals surface area contributed by atoms with Crippen molar-refractivity contribution < 1.29 is 4.79 Å². The van der Waals surface area contributed by atoms with Gasteiger partial charge in [-0.3, -0.25) is 9.78 Å². The van der Waals surface area contributed by atoms with Crippen molar-refractivity contribution in [2.24, 2.45) is 0 Å². The van der Waals surface area contributed by atoms with Gasteiger partial charge in [-0.2, -0.15) is 0 Å². The van der Waals surface area contributed by atoms with E-state index >= 15 is 0 Å². The first-order valence-electron chi connectivity index (χ1n) is 7.02. The van der Waals surface area contributed by atoms with Crippen molar-refractivity contribution >= 4 is 17.5 Å². The molecule has 0 atom stereocenters. The summed E-state index contributed by atoms with van der Waals surface area (Å²) in [7, 11) is 2.11. The highest BCUT2D eigenvalue weighted by molar-refractivity contribution is 6.33. The summed E-state index contributed by atoms with van der Waals surface area (Å²) in [6, 6.07) is 2.26. The Hall–Kier alpha value is -1.13. The van der Waals surface area contributed by atoms with E-state index in [2.05, 4.69) is 36.1 Å². The number of amides is 1. The van der Waals surface area contributed by atoms with Crippen molar-refractivity contribution in [2.75, 3.05) is 20.1 Å². The van der Waals surface area contributed by atoms with Crippen LogP contribution >= 0.6 is 11.6 Å². The van der Waals surface area contributed by atoms with Crippen molar-refractivity contribution in [3.05, 3.63) is 28.5 Å². The van der Waals surface area contributed by atoms with Crippen LogP contribution in [0.2, 0.25) is 5.02 Å². The van der Waals surface area contributed by atoms with Crippen LogP contribution in [0.5, 0.6) is 0 Å². The van der Waals surface area contributed by atoms with Gasteiger partial charge in [-0.15, -0.1) is 0 Å². The number of rotatable bonds is 7. The second-order valence-corrected chi connectivity index (χ2v) is 5.75. The molecular weight excluding hydrogens is 274 g/mol. The van der Waals surface area contributed by atoms with Crippen LogP contribution in [-0.2, 0) is 0 Å². The number of hydrogen-bond donors (Lipinski definition) is 1. The quantitative estimate of drug-likeness (QED) is 0.787. The van der Waals surface area contributed by atoms with Gasteiger partial charge < -0.3 is 10.2 Å². The predicted molar refractivity (Wildman–Crippen MR) is 83.3 cm³/mol. The SMILES string of the molecule is Cc1cc(Cl)c(C(=O)NCCCCN(C)C(C)C)cn1. The van der Waals surface area contributed by atoms with E-state index in [1.54, 1.807) is 6.07 Å². The summed E-state index contributed by atoms with van der Waals surface area (Å²) in [6.45, 7) is 7.90. The molecule has 0 aromatic carbocycles. The number of aromatic nitrogens is 1. The summed E-state index contributed by atoms with van der Waals surface area (Å²) in [6.07, 6.45) is 3.55. The molecule has 1 amide bonds. The Morgan fingerprint density at radius 1 is 1.45 bits per heavy atom. The van der Waals surface area contributed by atoms with Gasteiger partial charge in [-0.05, 0) is 53.3 Å². The lowest BCUT2D eigenvalue weighted by molar-refractivity contribution is 0.0952. The summed E-state index contributed by atoms with van der Waals surface area (Å²) in [5.74, 6) is -0.153. The van der Waals surface area contributed by atoms with E-state index in [0.29, 0.717) is 23.2 Å². The normalized spacial score (nSPS) is 11.2. The summed E-state index contributed by atoms with van der Waals surface area (Å²) in [5.41, 5.74) is 1.25. The van der Waals surface area contributed by atoms with Gasteiger partial charge in [0.15, 0.2) is 0 Å². The molecule has 5 heteroatoms. The number of nitrogens with one attached hydrogen (secondary N) is 1. The number of carbonyl (C=O) groups excluding carboxylic acids is 1. The van der Waals surface area contributed by atoms with E-state index in [1.165, 1.54) is 6.20 Å². The molecule has 0 aliphatic rings. The third-order valence-corrected chi connectivity index (χ3v) is 3.65. The van der Waals surface area contributed by atoms with Crippen LogP contribution in [0.1, 0.15) is 42.7 Å². The molecule has 0 saturated carbocycles. The largest absolute Gasteiger partial charge is 0.352 e. The molecule has 4 nitrogen and oxygen atoms in total. The molecule has 1 heterocycles. The zero-order chi connectivity index (χ0) is 15.1. The molecule has 0 bridgehead atoms. The number of hydrogen-bond acceptors (Lipinski definition) is 3. The lowest BCUT2D eigenvalue weighted by atomic mass is 10.2. The van der Waals surface area contributed by atoms with Crippen molar-refractivity contribution in [1.29, 1.82) is 0 Å². The van der Waals surface area contributed by atoms with Gasteiger partial charge in [0, 0.05) is 24.5 Å². The Kier molecular flexibility index (Phi) is 6.96. The first-order chi connectivity index (χ1) is 9.41. The molecule has 1 aromatic heterocycles. The minimum absolute atomic E-state index is 0.153. The summed E-state index contributed by atoms with van der Waals surface area (Å²) in [5, 5.41) is 3.33. The first kappa shape index (κ1) is 16.9. The molecule has 0 aliphatic carbocycles. The van der Waals surface area contributed by atoms with E-state index in [4.69, 9.17) is 11.6 Å². The van der Waals surface area contributed by atoms with Crippen molar-refractivity contribution in [3.8, 4) is 0 Å². The molecule has 1 aromatic rings. The second kappa shape index (κ2) is 8.22. The van der Waals surface area contributed by atoms with E-state index in [9.17, 15) is 4.79 Å². The van der Waals surface area contributed by atoms with Crippen LogP contribution in [0.15, 0.2) is 12.3 Å². The monoisotopic (exact) mass is 297 g/mol. The maximum atomic E-state index is 11.9. The lowest BCUT2D eigenvalue weighted by Gasteiger charge is -2.20. The second-order valence-electron chi connectivity index (χ2n) is 5.34. The fourth-order valence-corrected chi connectivity index (χ4v) is 2.03. The van der Waals surface area contributed by atoms with Gasteiger partial charge >= 0.3 is 0 Å². The van der Waals surface area contributed by atoms with E-state index < -0.39 is 0 Å². The van der Waals surface area contributed by atoms with Crippen molar-refractivity contribution in [1.82, 2.24) is 15.2 Å². The van der Waals surface area contributed by atoms with Crippen LogP contribution in [-0.4, -0.2) is 42.0 Å². The van der Waals surface area contributed by atoms with E-state index in [-0.39, 0.29) is 5.91 Å². The van der Waals surface area contributed by atoms with Crippen LogP contribution in [0.25, 0.3) is 0 Å². The van der Waals surface area contributed by atoms with Crippen LogP contribution in [0.3, 0.4) is 0 Å². The Bertz CT molecular complexity index is 449. The van der Waals surface area contributed by atoms with Crippen LogP contribution < -0.4 is 5.32 Å². The Morgan fingerprint density at radius 2 is 2.15 bits per heavy atom. The molecule has 0 unspecified atom stereocenters. The predicted octanol–water partition coefficient (Wildman–Crippen LogP) is 2.89. The lowest BCUT2D eigenvalue weighted by Crippen LogP contribution is -2.29. The summed E-state index contributed by atoms with van der Waals surface area (Å²) >= 11 is 6.03. The number of pyridine rings is 1. The third kappa shape index (κ3) is 5.47. The average molecular weight is 298 g/mol. The van der Waals surface area contributed by atoms with E-state index in [1.807, 2.05) is 6.92 Å². The molecule has 0 radical (unpaired) electrons. The molecule has 0 aliphatic heterocycles. The molecule has 20 heavy (non-hydrogen) atoms. The van der Waals surface area contributed by atoms with Crippen molar-refractivity contribution in [3.63, 3.8) is 0 Å². The number of aryl methyl sites for hydroxylation is 1. The summed E-state index contributed by atoms with van der Waals surface area (Å²) in [4.78, 5) is 18.3. The topological polar surface area (TPSA) is 45.2 Å². The summed E-state index contributed by atoms with van der Waals surface area (Å²) < 4.78 is 0. The highest BCUT2D eigenvalue weighted by Gasteiger charge is 2.10. The molecule has 1 N–H and O–H groups in total. The minimum atomic E-state index is -0.153. The third-order valence-electron chi connectivity index (χ3n) is 3.34. The van der Waals surface area contributed by atoms with Crippen LogP contribution in [0, 0.1) is 6.92 Å². The van der Waals surface area contributed by atoms with Gasteiger partial charge in [-0.1, -0.05) is 11.6 Å². The fraction of sp³-hybridized carbons (Fsp3) is 0.600. The van der Waals surface area contributed by atoms with Gasteiger partial charge in [0.25, 0.3) is 5.91 Å². The Balaban J connectivity index is 2.30. The molecule has 0 spiro atoms. The van der Waals surface area contributed by atoms with Gasteiger partial charge in [0.1, 0.15) is 0 Å². The Morgan fingerprint density at radius 3 is 2.75 bits per heavy atom. The van der Waals surface area contributed by atoms with Gasteiger partial charge in [-0.25, -0.2) is 0 Å². The smallest absolute Gasteiger partial charge is 0.254 e. The first-order valence-corrected chi connectivity index (χ1v) is 7.40. The fourth-order valence-electron chi connectivity index (χ4n) is 1.74. The zero-order valence-electron chi connectivity index (χ0n) is 12.7. The number of halogens is 1. The maximum absolute atomic E-state index is 11.9. The van der Waals surface area contributed by atoms with Crippen LogP contribution in [0.4, 0.5) is 0 Å². The minimum Gasteiger partial charge on any atom is -0.352 e. The molecule has 112 valence electrons. The zero-order valence-corrected chi connectivity index (χ0v) is 13.5. The molecule has 1 rings (SSSR count). The highest BCUT2D eigenvalue weighted by Crippen LogP contribution is 2.15. The molecule has 0 saturated heterocycles.